The van der Waals surface area contributed by atoms with Crippen molar-refractivity contribution in [3.05, 3.63) is 65.1 Å². The Morgan fingerprint density at radius 1 is 1.08 bits per heavy atom. The van der Waals surface area contributed by atoms with Crippen LogP contribution in [0.1, 0.15) is 10.6 Å². The van der Waals surface area contributed by atoms with Crippen LogP contribution in [0.2, 0.25) is 5.02 Å². The van der Waals surface area contributed by atoms with E-state index >= 15 is 0 Å². The van der Waals surface area contributed by atoms with Crippen molar-refractivity contribution in [2.45, 2.75) is 0 Å². The van der Waals surface area contributed by atoms with E-state index in [-0.39, 0.29) is 22.9 Å². The Morgan fingerprint density at radius 2 is 1.81 bits per heavy atom. The molecule has 1 aromatic heterocycles. The zero-order valence-corrected chi connectivity index (χ0v) is 14.8. The summed E-state index contributed by atoms with van der Waals surface area (Å²) < 4.78 is 29.6. The number of hydrogen-bond donors (Lipinski definition) is 1. The van der Waals surface area contributed by atoms with Crippen LogP contribution < -0.4 is 14.8 Å². The van der Waals surface area contributed by atoms with Gasteiger partial charge in [0.1, 0.15) is 11.5 Å². The van der Waals surface area contributed by atoms with E-state index in [0.717, 1.165) is 6.07 Å². The van der Waals surface area contributed by atoms with Crippen LogP contribution in [0.4, 0.5) is 10.1 Å². The van der Waals surface area contributed by atoms with Gasteiger partial charge in [0.25, 0.3) is 5.91 Å². The third kappa shape index (κ3) is 3.50. The number of hydrogen-bond acceptors (Lipinski definition) is 4. The molecule has 0 saturated heterocycles. The van der Waals surface area contributed by atoms with Crippen LogP contribution >= 0.6 is 11.6 Å². The summed E-state index contributed by atoms with van der Waals surface area (Å²) in [4.78, 5) is 12.4. The predicted molar refractivity (Wildman–Crippen MR) is 96.6 cm³/mol. The number of benzene rings is 2. The molecule has 3 aromatic rings. The van der Waals surface area contributed by atoms with E-state index in [1.165, 1.54) is 26.4 Å². The van der Waals surface area contributed by atoms with Crippen molar-refractivity contribution in [3.8, 4) is 22.8 Å². The van der Waals surface area contributed by atoms with Gasteiger partial charge >= 0.3 is 0 Å². The van der Waals surface area contributed by atoms with Gasteiger partial charge in [0.2, 0.25) is 0 Å². The first-order valence-corrected chi connectivity index (χ1v) is 7.99. The van der Waals surface area contributed by atoms with Gasteiger partial charge < -0.3 is 19.2 Å². The van der Waals surface area contributed by atoms with Crippen LogP contribution in [0, 0.1) is 5.82 Å². The maximum absolute atomic E-state index is 13.9. The SMILES string of the molecule is COc1cc(OC)c(NC(=O)c2ccc(-c3ccccc3Cl)o2)cc1F. The van der Waals surface area contributed by atoms with Crippen LogP contribution in [0.25, 0.3) is 11.3 Å². The lowest BCUT2D eigenvalue weighted by Gasteiger charge is -2.11. The van der Waals surface area contributed by atoms with Crippen molar-refractivity contribution in [1.82, 2.24) is 0 Å². The average Bonchev–Trinajstić information content (AvgIpc) is 3.12. The molecular formula is C19H15ClFNO4. The fourth-order valence-electron chi connectivity index (χ4n) is 2.41. The van der Waals surface area contributed by atoms with Gasteiger partial charge in [0.05, 0.1) is 24.9 Å². The van der Waals surface area contributed by atoms with E-state index in [4.69, 9.17) is 25.5 Å². The van der Waals surface area contributed by atoms with Gasteiger partial charge in [-0.25, -0.2) is 4.39 Å². The lowest BCUT2D eigenvalue weighted by molar-refractivity contribution is 0.0997. The summed E-state index contributed by atoms with van der Waals surface area (Å²) in [7, 11) is 2.75. The summed E-state index contributed by atoms with van der Waals surface area (Å²) in [6.45, 7) is 0. The minimum absolute atomic E-state index is 0.0128. The van der Waals surface area contributed by atoms with Crippen molar-refractivity contribution >= 4 is 23.2 Å². The largest absolute Gasteiger partial charge is 0.494 e. The first-order valence-electron chi connectivity index (χ1n) is 7.61. The summed E-state index contributed by atoms with van der Waals surface area (Å²) in [5.41, 5.74) is 0.827. The number of halogens is 2. The molecule has 0 aliphatic heterocycles. The van der Waals surface area contributed by atoms with Crippen LogP contribution in [0.15, 0.2) is 52.9 Å². The molecule has 7 heteroatoms. The number of furan rings is 1. The molecule has 2 aromatic carbocycles. The average molecular weight is 376 g/mol. The van der Waals surface area contributed by atoms with Crippen molar-refractivity contribution in [3.63, 3.8) is 0 Å². The Kier molecular flexibility index (Phi) is 5.14. The number of amides is 1. The second-order valence-corrected chi connectivity index (χ2v) is 5.69. The second-order valence-electron chi connectivity index (χ2n) is 5.28. The van der Waals surface area contributed by atoms with Crippen molar-refractivity contribution in [2.24, 2.45) is 0 Å². The van der Waals surface area contributed by atoms with Crippen LogP contribution in [-0.4, -0.2) is 20.1 Å². The molecule has 0 bridgehead atoms. The lowest BCUT2D eigenvalue weighted by Crippen LogP contribution is -2.12. The van der Waals surface area contributed by atoms with E-state index in [1.54, 1.807) is 24.3 Å². The standard InChI is InChI=1S/C19H15ClFNO4/c1-24-17-10-18(25-2)14(9-13(17)21)22-19(23)16-8-7-15(26-16)11-5-3-4-6-12(11)20/h3-10H,1-2H3,(H,22,23). The molecule has 5 nitrogen and oxygen atoms in total. The molecule has 134 valence electrons. The highest BCUT2D eigenvalue weighted by molar-refractivity contribution is 6.33. The van der Waals surface area contributed by atoms with E-state index < -0.39 is 11.7 Å². The molecule has 0 aliphatic rings. The molecule has 1 amide bonds. The van der Waals surface area contributed by atoms with Crippen molar-refractivity contribution in [1.29, 1.82) is 0 Å². The monoisotopic (exact) mass is 375 g/mol. The smallest absolute Gasteiger partial charge is 0.291 e. The molecule has 0 aliphatic carbocycles. The van der Waals surface area contributed by atoms with Gasteiger partial charge in [-0.2, -0.15) is 0 Å². The number of methoxy groups -OCH3 is 2. The topological polar surface area (TPSA) is 60.7 Å². The number of anilines is 1. The summed E-state index contributed by atoms with van der Waals surface area (Å²) >= 11 is 6.13. The summed E-state index contributed by atoms with van der Waals surface area (Å²) in [6.07, 6.45) is 0. The van der Waals surface area contributed by atoms with Crippen LogP contribution in [-0.2, 0) is 0 Å². The van der Waals surface area contributed by atoms with Gasteiger partial charge in [-0.15, -0.1) is 0 Å². The minimum atomic E-state index is -0.625. The number of ether oxygens (including phenoxy) is 2. The fourth-order valence-corrected chi connectivity index (χ4v) is 2.64. The molecule has 0 saturated carbocycles. The molecular weight excluding hydrogens is 361 g/mol. The quantitative estimate of drug-likeness (QED) is 0.681. The molecule has 26 heavy (non-hydrogen) atoms. The Hall–Kier alpha value is -2.99. The number of rotatable bonds is 5. The normalized spacial score (nSPS) is 10.5. The lowest BCUT2D eigenvalue weighted by atomic mass is 10.2. The van der Waals surface area contributed by atoms with Gasteiger partial charge in [-0.1, -0.05) is 23.7 Å². The van der Waals surface area contributed by atoms with Crippen LogP contribution in [0.3, 0.4) is 0 Å². The second kappa shape index (κ2) is 7.49. The van der Waals surface area contributed by atoms with E-state index in [0.29, 0.717) is 16.3 Å². The highest BCUT2D eigenvalue weighted by Crippen LogP contribution is 2.33. The Morgan fingerprint density at radius 3 is 2.50 bits per heavy atom. The highest BCUT2D eigenvalue weighted by Gasteiger charge is 2.17. The third-order valence-electron chi connectivity index (χ3n) is 3.69. The first-order chi connectivity index (χ1) is 12.5. The number of nitrogens with one attached hydrogen (secondary N) is 1. The minimum Gasteiger partial charge on any atom is -0.494 e. The van der Waals surface area contributed by atoms with E-state index in [2.05, 4.69) is 5.32 Å². The molecule has 0 spiro atoms. The molecule has 0 unspecified atom stereocenters. The molecule has 0 fully saturated rings. The van der Waals surface area contributed by atoms with Gasteiger partial charge in [-0.05, 0) is 24.3 Å². The van der Waals surface area contributed by atoms with Gasteiger partial charge in [-0.3, -0.25) is 4.79 Å². The third-order valence-corrected chi connectivity index (χ3v) is 4.02. The maximum Gasteiger partial charge on any atom is 0.291 e. The zero-order valence-electron chi connectivity index (χ0n) is 14.0. The van der Waals surface area contributed by atoms with E-state index in [1.807, 2.05) is 6.07 Å². The summed E-state index contributed by atoms with van der Waals surface area (Å²) in [5, 5.41) is 3.07. The Balaban J connectivity index is 1.86. The number of carbonyl (C=O) groups is 1. The first kappa shape index (κ1) is 17.8. The Bertz CT molecular complexity index is 954. The van der Waals surface area contributed by atoms with Gasteiger partial charge in [0.15, 0.2) is 17.3 Å². The molecule has 0 radical (unpaired) electrons. The predicted octanol–water partition coefficient (Wildman–Crippen LogP) is 5.01. The summed E-state index contributed by atoms with van der Waals surface area (Å²) in [6, 6.07) is 12.7. The highest BCUT2D eigenvalue weighted by atomic mass is 35.5. The zero-order chi connectivity index (χ0) is 18.7. The van der Waals surface area contributed by atoms with Crippen molar-refractivity contribution in [2.75, 3.05) is 19.5 Å². The van der Waals surface area contributed by atoms with Crippen LogP contribution in [0.5, 0.6) is 11.5 Å². The molecule has 1 heterocycles. The number of carbonyl (C=O) groups excluding carboxylic acids is 1. The molecule has 1 N–H and O–H groups in total. The van der Waals surface area contributed by atoms with E-state index in [9.17, 15) is 9.18 Å². The van der Waals surface area contributed by atoms with Gasteiger partial charge in [0, 0.05) is 17.7 Å². The summed E-state index contributed by atoms with van der Waals surface area (Å²) in [5.74, 6) is -0.397. The molecule has 0 atom stereocenters. The fraction of sp³-hybridized carbons (Fsp3) is 0.105. The maximum atomic E-state index is 13.9. The Labute approximate surface area is 154 Å². The van der Waals surface area contributed by atoms with Crippen molar-refractivity contribution < 1.29 is 23.1 Å². The molecule has 3 rings (SSSR count).